The molecule has 0 amide bonds. The number of aromatic nitrogens is 2. The molecule has 0 fully saturated rings. The smallest absolute Gasteiger partial charge is 0.358 e. The number of halogens is 1. The highest BCUT2D eigenvalue weighted by Crippen LogP contribution is 2.32. The number of aromatic carboxylic acids is 1. The van der Waals surface area contributed by atoms with E-state index >= 15 is 0 Å². The second-order valence-corrected chi connectivity index (χ2v) is 4.24. The lowest BCUT2D eigenvalue weighted by molar-refractivity contribution is 0.0690. The first-order chi connectivity index (χ1) is 10.1. The van der Waals surface area contributed by atoms with Crippen molar-refractivity contribution in [2.24, 2.45) is 0 Å². The molecule has 0 aliphatic rings. The van der Waals surface area contributed by atoms with Crippen molar-refractivity contribution in [3.8, 4) is 11.8 Å². The fourth-order valence-electron chi connectivity index (χ4n) is 1.71. The van der Waals surface area contributed by atoms with Gasteiger partial charge >= 0.3 is 5.97 Å². The summed E-state index contributed by atoms with van der Waals surface area (Å²) in [6.07, 6.45) is 0. The number of ether oxygens (including phenoxy) is 1. The Bertz CT molecular complexity index is 743. The number of anilines is 2. The van der Waals surface area contributed by atoms with Gasteiger partial charge in [0.2, 0.25) is 0 Å². The van der Waals surface area contributed by atoms with E-state index in [1.807, 2.05) is 6.07 Å². The molecule has 1 aromatic heterocycles. The summed E-state index contributed by atoms with van der Waals surface area (Å²) in [5.41, 5.74) is 0.593. The number of nitrogens with zero attached hydrogens (tertiary/aromatic N) is 3. The molecule has 21 heavy (non-hydrogen) atoms. The molecule has 8 heteroatoms. The van der Waals surface area contributed by atoms with Crippen molar-refractivity contribution in [2.75, 3.05) is 12.4 Å². The number of benzene rings is 1. The van der Waals surface area contributed by atoms with Gasteiger partial charge in [-0.15, -0.1) is 10.2 Å². The first-order valence-corrected chi connectivity index (χ1v) is 6.05. The van der Waals surface area contributed by atoms with Gasteiger partial charge in [0.15, 0.2) is 16.6 Å². The van der Waals surface area contributed by atoms with Crippen LogP contribution in [0.1, 0.15) is 16.1 Å². The van der Waals surface area contributed by atoms with Crippen LogP contribution in [-0.2, 0) is 0 Å². The van der Waals surface area contributed by atoms with Gasteiger partial charge in [0.05, 0.1) is 24.0 Å². The lowest BCUT2D eigenvalue weighted by Gasteiger charge is -2.13. The highest BCUT2D eigenvalue weighted by atomic mass is 35.5. The number of nitrogens with one attached hydrogen (secondary N) is 1. The predicted octanol–water partition coefficient (Wildman–Crippen LogP) is 2.45. The zero-order valence-corrected chi connectivity index (χ0v) is 11.5. The van der Waals surface area contributed by atoms with Gasteiger partial charge in [-0.2, -0.15) is 5.26 Å². The summed E-state index contributed by atoms with van der Waals surface area (Å²) >= 11 is 5.73. The Morgan fingerprint density at radius 1 is 1.43 bits per heavy atom. The topological polar surface area (TPSA) is 108 Å². The van der Waals surface area contributed by atoms with Gasteiger partial charge in [-0.05, 0) is 12.1 Å². The molecule has 0 aliphatic carbocycles. The van der Waals surface area contributed by atoms with Crippen LogP contribution in [0.15, 0.2) is 24.3 Å². The molecule has 2 N–H and O–H groups in total. The molecule has 0 bridgehead atoms. The van der Waals surface area contributed by atoms with Gasteiger partial charge in [-0.25, -0.2) is 4.79 Å². The van der Waals surface area contributed by atoms with E-state index in [-0.39, 0.29) is 16.5 Å². The van der Waals surface area contributed by atoms with Crippen LogP contribution in [0.25, 0.3) is 0 Å². The van der Waals surface area contributed by atoms with E-state index in [1.54, 1.807) is 18.2 Å². The van der Waals surface area contributed by atoms with Gasteiger partial charge < -0.3 is 15.2 Å². The Balaban J connectivity index is 2.51. The fourth-order valence-corrected chi connectivity index (χ4v) is 1.86. The molecule has 1 aromatic carbocycles. The van der Waals surface area contributed by atoms with Crippen LogP contribution in [0.4, 0.5) is 11.4 Å². The molecule has 2 rings (SSSR count). The van der Waals surface area contributed by atoms with E-state index in [4.69, 9.17) is 26.7 Å². The third-order valence-electron chi connectivity index (χ3n) is 2.58. The molecule has 2 aromatic rings. The average Bonchev–Trinajstić information content (AvgIpc) is 2.46. The molecule has 0 unspecified atom stereocenters. The number of para-hydroxylation sites is 1. The summed E-state index contributed by atoms with van der Waals surface area (Å²) in [6.45, 7) is 0. The van der Waals surface area contributed by atoms with Crippen LogP contribution in [0, 0.1) is 11.3 Å². The van der Waals surface area contributed by atoms with Gasteiger partial charge in [0, 0.05) is 6.07 Å². The molecule has 7 nitrogen and oxygen atoms in total. The van der Waals surface area contributed by atoms with E-state index in [1.165, 1.54) is 13.2 Å². The highest BCUT2D eigenvalue weighted by molar-refractivity contribution is 6.29. The summed E-state index contributed by atoms with van der Waals surface area (Å²) in [5, 5.41) is 28.0. The van der Waals surface area contributed by atoms with Gasteiger partial charge in [0.25, 0.3) is 0 Å². The Hall–Kier alpha value is -2.85. The van der Waals surface area contributed by atoms with Crippen LogP contribution >= 0.6 is 11.6 Å². The van der Waals surface area contributed by atoms with Crippen molar-refractivity contribution >= 4 is 28.9 Å². The van der Waals surface area contributed by atoms with Crippen molar-refractivity contribution in [3.05, 3.63) is 40.7 Å². The third-order valence-corrected chi connectivity index (χ3v) is 2.76. The first-order valence-electron chi connectivity index (χ1n) is 5.67. The van der Waals surface area contributed by atoms with Gasteiger partial charge in [-0.1, -0.05) is 17.7 Å². The third kappa shape index (κ3) is 3.01. The Morgan fingerprint density at radius 2 is 2.19 bits per heavy atom. The van der Waals surface area contributed by atoms with Gasteiger partial charge in [-0.3, -0.25) is 0 Å². The molecule has 106 valence electrons. The Morgan fingerprint density at radius 3 is 2.81 bits per heavy atom. The standard InChI is InChI=1S/C13H9ClN4O3/c1-21-12-7(6-15)3-2-4-8(12)16-9-5-10(14)17-18-11(9)13(19)20/h2-5H,1H3,(H,16,17)(H,19,20). The quantitative estimate of drug-likeness (QED) is 0.893. The number of hydrogen-bond acceptors (Lipinski definition) is 6. The summed E-state index contributed by atoms with van der Waals surface area (Å²) in [5.74, 6) is -0.957. The van der Waals surface area contributed by atoms with Crippen LogP contribution in [0.2, 0.25) is 5.15 Å². The van der Waals surface area contributed by atoms with E-state index in [0.29, 0.717) is 17.0 Å². The number of nitriles is 1. The summed E-state index contributed by atoms with van der Waals surface area (Å²) in [7, 11) is 1.41. The molecule has 0 saturated carbocycles. The average molecular weight is 305 g/mol. The van der Waals surface area contributed by atoms with Crippen molar-refractivity contribution in [2.45, 2.75) is 0 Å². The maximum Gasteiger partial charge on any atom is 0.358 e. The Labute approximate surface area is 124 Å². The number of carboxylic acids is 1. The molecule has 1 heterocycles. The Kier molecular flexibility index (Phi) is 4.21. The molecular weight excluding hydrogens is 296 g/mol. The fraction of sp³-hybridized carbons (Fsp3) is 0.0769. The van der Waals surface area contributed by atoms with Crippen molar-refractivity contribution in [1.29, 1.82) is 5.26 Å². The number of carbonyl (C=O) groups is 1. The predicted molar refractivity (Wildman–Crippen MR) is 75.0 cm³/mol. The van der Waals surface area contributed by atoms with E-state index < -0.39 is 5.97 Å². The second-order valence-electron chi connectivity index (χ2n) is 3.86. The number of carboxylic acid groups (broad SMARTS) is 1. The minimum atomic E-state index is -1.25. The minimum Gasteiger partial charge on any atom is -0.493 e. The normalized spacial score (nSPS) is 9.76. The molecule has 0 saturated heterocycles. The lowest BCUT2D eigenvalue weighted by atomic mass is 10.1. The van der Waals surface area contributed by atoms with Crippen molar-refractivity contribution in [3.63, 3.8) is 0 Å². The second kappa shape index (κ2) is 6.07. The van der Waals surface area contributed by atoms with E-state index in [9.17, 15) is 4.79 Å². The zero-order chi connectivity index (χ0) is 15.4. The van der Waals surface area contributed by atoms with Gasteiger partial charge in [0.1, 0.15) is 6.07 Å². The number of hydrogen-bond donors (Lipinski definition) is 2. The van der Waals surface area contributed by atoms with Crippen LogP contribution in [-0.4, -0.2) is 28.4 Å². The monoisotopic (exact) mass is 304 g/mol. The maximum absolute atomic E-state index is 11.1. The number of rotatable bonds is 4. The lowest BCUT2D eigenvalue weighted by Crippen LogP contribution is -2.08. The number of methoxy groups -OCH3 is 1. The van der Waals surface area contributed by atoms with Crippen molar-refractivity contribution < 1.29 is 14.6 Å². The SMILES string of the molecule is COc1c(C#N)cccc1Nc1cc(Cl)nnc1C(=O)O. The van der Waals surface area contributed by atoms with Crippen molar-refractivity contribution in [1.82, 2.24) is 10.2 Å². The summed E-state index contributed by atoms with van der Waals surface area (Å²) in [6, 6.07) is 8.18. The first kappa shape index (κ1) is 14.6. The van der Waals surface area contributed by atoms with E-state index in [2.05, 4.69) is 15.5 Å². The largest absolute Gasteiger partial charge is 0.493 e. The molecule has 0 aliphatic heterocycles. The highest BCUT2D eigenvalue weighted by Gasteiger charge is 2.16. The molecule has 0 radical (unpaired) electrons. The zero-order valence-electron chi connectivity index (χ0n) is 10.8. The van der Waals surface area contributed by atoms with E-state index in [0.717, 1.165) is 0 Å². The minimum absolute atomic E-state index is 0.0397. The molecule has 0 atom stereocenters. The molecular formula is C13H9ClN4O3. The maximum atomic E-state index is 11.1. The van der Waals surface area contributed by atoms with Crippen LogP contribution < -0.4 is 10.1 Å². The van der Waals surface area contributed by atoms with Crippen LogP contribution in [0.3, 0.4) is 0 Å². The summed E-state index contributed by atoms with van der Waals surface area (Å²) < 4.78 is 5.17. The summed E-state index contributed by atoms with van der Waals surface area (Å²) in [4.78, 5) is 11.1. The molecule has 0 spiro atoms. The van der Waals surface area contributed by atoms with Crippen LogP contribution in [0.5, 0.6) is 5.75 Å².